The Morgan fingerprint density at radius 1 is 1.56 bits per heavy atom. The van der Waals surface area contributed by atoms with Crippen LogP contribution in [0.4, 0.5) is 0 Å². The summed E-state index contributed by atoms with van der Waals surface area (Å²) in [7, 11) is 0. The first-order chi connectivity index (χ1) is 7.83. The van der Waals surface area contributed by atoms with E-state index in [1.54, 1.807) is 18.4 Å². The number of likely N-dealkylation sites (tertiary alicyclic amines) is 1. The standard InChI is InChI=1S/C12H16BrNO2/c13-7-6-10-4-1-2-8-14(10)12(15)11-5-3-9-16-11/h3,5,9-10H,1-2,4,6-8H2. The molecule has 0 radical (unpaired) electrons. The summed E-state index contributed by atoms with van der Waals surface area (Å²) in [6.45, 7) is 0.858. The Bertz CT molecular complexity index is 335. The number of nitrogens with zero attached hydrogens (tertiary/aromatic N) is 1. The Morgan fingerprint density at radius 3 is 3.12 bits per heavy atom. The van der Waals surface area contributed by atoms with Crippen LogP contribution in [0.1, 0.15) is 36.2 Å². The number of rotatable bonds is 3. The molecule has 1 aromatic heterocycles. The zero-order valence-electron chi connectivity index (χ0n) is 9.19. The number of piperidine rings is 1. The average Bonchev–Trinajstić information content (AvgIpc) is 2.83. The van der Waals surface area contributed by atoms with Gasteiger partial charge >= 0.3 is 0 Å². The van der Waals surface area contributed by atoms with Gasteiger partial charge in [0.1, 0.15) is 0 Å². The van der Waals surface area contributed by atoms with Crippen LogP contribution in [0.2, 0.25) is 0 Å². The van der Waals surface area contributed by atoms with Crippen LogP contribution in [0.25, 0.3) is 0 Å². The number of hydrogen-bond donors (Lipinski definition) is 0. The normalized spacial score (nSPS) is 21.1. The van der Waals surface area contributed by atoms with Gasteiger partial charge in [0.2, 0.25) is 0 Å². The molecule has 1 atom stereocenters. The Kier molecular flexibility index (Phi) is 4.04. The summed E-state index contributed by atoms with van der Waals surface area (Å²) in [5.74, 6) is 0.497. The summed E-state index contributed by atoms with van der Waals surface area (Å²) in [5.41, 5.74) is 0. The number of amides is 1. The highest BCUT2D eigenvalue weighted by Crippen LogP contribution is 2.22. The number of alkyl halides is 1. The van der Waals surface area contributed by atoms with Crippen molar-refractivity contribution in [2.75, 3.05) is 11.9 Å². The van der Waals surface area contributed by atoms with E-state index in [1.807, 2.05) is 4.90 Å². The van der Waals surface area contributed by atoms with Crippen LogP contribution in [-0.2, 0) is 0 Å². The fraction of sp³-hybridized carbons (Fsp3) is 0.583. The van der Waals surface area contributed by atoms with E-state index >= 15 is 0 Å². The Labute approximate surface area is 104 Å². The van der Waals surface area contributed by atoms with Crippen LogP contribution in [-0.4, -0.2) is 28.7 Å². The van der Waals surface area contributed by atoms with Crippen molar-refractivity contribution in [1.29, 1.82) is 0 Å². The van der Waals surface area contributed by atoms with E-state index in [4.69, 9.17) is 4.42 Å². The van der Waals surface area contributed by atoms with Crippen molar-refractivity contribution in [1.82, 2.24) is 4.90 Å². The molecule has 0 spiro atoms. The van der Waals surface area contributed by atoms with Crippen molar-refractivity contribution >= 4 is 21.8 Å². The second-order valence-corrected chi connectivity index (χ2v) is 4.90. The molecule has 0 aromatic carbocycles. The van der Waals surface area contributed by atoms with Crippen LogP contribution in [0.3, 0.4) is 0 Å². The van der Waals surface area contributed by atoms with Gasteiger partial charge in [0.05, 0.1) is 6.26 Å². The van der Waals surface area contributed by atoms with Gasteiger partial charge in [-0.1, -0.05) is 15.9 Å². The maximum Gasteiger partial charge on any atom is 0.289 e. The summed E-state index contributed by atoms with van der Waals surface area (Å²) in [6, 6.07) is 3.87. The third-order valence-electron chi connectivity index (χ3n) is 3.06. The highest BCUT2D eigenvalue weighted by molar-refractivity contribution is 9.09. The fourth-order valence-electron chi connectivity index (χ4n) is 2.24. The molecule has 2 heterocycles. The lowest BCUT2D eigenvalue weighted by Crippen LogP contribution is -2.43. The van der Waals surface area contributed by atoms with Crippen molar-refractivity contribution in [2.24, 2.45) is 0 Å². The van der Waals surface area contributed by atoms with Gasteiger partial charge in [-0.25, -0.2) is 0 Å². The molecule has 1 saturated heterocycles. The molecule has 1 amide bonds. The molecule has 0 aliphatic carbocycles. The highest BCUT2D eigenvalue weighted by atomic mass is 79.9. The molecule has 0 bridgehead atoms. The van der Waals surface area contributed by atoms with E-state index in [0.717, 1.165) is 31.1 Å². The zero-order valence-corrected chi connectivity index (χ0v) is 10.8. The molecule has 1 aromatic rings. The van der Waals surface area contributed by atoms with E-state index in [2.05, 4.69) is 15.9 Å². The van der Waals surface area contributed by atoms with Gasteiger partial charge in [-0.3, -0.25) is 4.79 Å². The van der Waals surface area contributed by atoms with Crippen molar-refractivity contribution < 1.29 is 9.21 Å². The van der Waals surface area contributed by atoms with Crippen LogP contribution in [0.5, 0.6) is 0 Å². The van der Waals surface area contributed by atoms with Gasteiger partial charge in [0.25, 0.3) is 5.91 Å². The third kappa shape index (κ3) is 2.48. The van der Waals surface area contributed by atoms with E-state index in [9.17, 15) is 4.79 Å². The Hall–Kier alpha value is -0.770. The third-order valence-corrected chi connectivity index (χ3v) is 3.52. The minimum atomic E-state index is 0.0376. The second-order valence-electron chi connectivity index (χ2n) is 4.10. The first-order valence-corrected chi connectivity index (χ1v) is 6.85. The SMILES string of the molecule is O=C(c1ccco1)N1CCCCC1CCBr. The van der Waals surface area contributed by atoms with Gasteiger partial charge in [-0.15, -0.1) is 0 Å². The zero-order chi connectivity index (χ0) is 11.4. The highest BCUT2D eigenvalue weighted by Gasteiger charge is 2.28. The van der Waals surface area contributed by atoms with E-state index in [1.165, 1.54) is 6.42 Å². The maximum absolute atomic E-state index is 12.2. The van der Waals surface area contributed by atoms with Gasteiger partial charge in [-0.2, -0.15) is 0 Å². The first-order valence-electron chi connectivity index (χ1n) is 5.73. The topological polar surface area (TPSA) is 33.5 Å². The largest absolute Gasteiger partial charge is 0.459 e. The molecule has 0 N–H and O–H groups in total. The van der Waals surface area contributed by atoms with Crippen molar-refractivity contribution in [2.45, 2.75) is 31.7 Å². The lowest BCUT2D eigenvalue weighted by atomic mass is 10.00. The molecule has 16 heavy (non-hydrogen) atoms. The molecular weight excluding hydrogens is 270 g/mol. The molecule has 1 fully saturated rings. The molecule has 1 unspecified atom stereocenters. The average molecular weight is 286 g/mol. The summed E-state index contributed by atoms with van der Waals surface area (Å²) in [4.78, 5) is 14.1. The number of hydrogen-bond acceptors (Lipinski definition) is 2. The molecular formula is C12H16BrNO2. The van der Waals surface area contributed by atoms with E-state index in [0.29, 0.717) is 11.8 Å². The summed E-state index contributed by atoms with van der Waals surface area (Å²) >= 11 is 3.45. The molecule has 1 aliphatic heterocycles. The van der Waals surface area contributed by atoms with Crippen LogP contribution < -0.4 is 0 Å². The van der Waals surface area contributed by atoms with E-state index in [-0.39, 0.29) is 5.91 Å². The summed E-state index contributed by atoms with van der Waals surface area (Å²) in [5, 5.41) is 0.944. The second kappa shape index (κ2) is 5.53. The van der Waals surface area contributed by atoms with Crippen molar-refractivity contribution in [3.63, 3.8) is 0 Å². The summed E-state index contributed by atoms with van der Waals surface area (Å²) < 4.78 is 5.17. The van der Waals surface area contributed by atoms with Crippen LogP contribution in [0.15, 0.2) is 22.8 Å². The van der Waals surface area contributed by atoms with Crippen molar-refractivity contribution in [3.8, 4) is 0 Å². The van der Waals surface area contributed by atoms with Gasteiger partial charge < -0.3 is 9.32 Å². The number of furan rings is 1. The number of carbonyl (C=O) groups excluding carboxylic acids is 1. The molecule has 4 heteroatoms. The van der Waals surface area contributed by atoms with Crippen molar-refractivity contribution in [3.05, 3.63) is 24.2 Å². The smallest absolute Gasteiger partial charge is 0.289 e. The number of halogens is 1. The predicted molar refractivity (Wildman–Crippen MR) is 65.8 cm³/mol. The molecule has 3 nitrogen and oxygen atoms in total. The fourth-order valence-corrected chi connectivity index (χ4v) is 2.76. The van der Waals surface area contributed by atoms with E-state index < -0.39 is 0 Å². The maximum atomic E-state index is 12.2. The Balaban J connectivity index is 2.08. The Morgan fingerprint density at radius 2 is 2.44 bits per heavy atom. The molecule has 88 valence electrons. The monoisotopic (exact) mass is 285 g/mol. The van der Waals surface area contributed by atoms with Crippen LogP contribution >= 0.6 is 15.9 Å². The van der Waals surface area contributed by atoms with Gasteiger partial charge in [-0.05, 0) is 37.8 Å². The van der Waals surface area contributed by atoms with Crippen LogP contribution in [0, 0.1) is 0 Å². The lowest BCUT2D eigenvalue weighted by molar-refractivity contribution is 0.0577. The minimum Gasteiger partial charge on any atom is -0.459 e. The van der Waals surface area contributed by atoms with Gasteiger partial charge in [0.15, 0.2) is 5.76 Å². The number of carbonyl (C=O) groups is 1. The molecule has 1 aliphatic rings. The minimum absolute atomic E-state index is 0.0376. The van der Waals surface area contributed by atoms with Gasteiger partial charge in [0, 0.05) is 17.9 Å². The quantitative estimate of drug-likeness (QED) is 0.800. The molecule has 0 saturated carbocycles. The first kappa shape index (κ1) is 11.7. The molecule has 2 rings (SSSR count). The lowest BCUT2D eigenvalue weighted by Gasteiger charge is -2.35. The predicted octanol–water partition coefficient (Wildman–Crippen LogP) is 3.06. The summed E-state index contributed by atoms with van der Waals surface area (Å²) in [6.07, 6.45) is 6.01.